The van der Waals surface area contributed by atoms with E-state index in [1.54, 1.807) is 0 Å². The number of benzene rings is 4. The third-order valence-electron chi connectivity index (χ3n) is 12.5. The van der Waals surface area contributed by atoms with Gasteiger partial charge >= 0.3 is 0 Å². The molecule has 313 valence electrons. The van der Waals surface area contributed by atoms with Gasteiger partial charge < -0.3 is 9.97 Å². The van der Waals surface area contributed by atoms with Crippen molar-refractivity contribution in [1.82, 2.24) is 19.9 Å². The molecule has 2 aliphatic rings. The molecule has 0 aliphatic carbocycles. The maximum atomic E-state index is 5.63. The number of hydrogen-bond acceptors (Lipinski definition) is 2. The minimum absolute atomic E-state index is 0. The van der Waals surface area contributed by atoms with Gasteiger partial charge in [0.05, 0.1) is 22.8 Å². The van der Waals surface area contributed by atoms with E-state index < -0.39 is 0 Å². The van der Waals surface area contributed by atoms with Crippen LogP contribution >= 0.6 is 12.4 Å². The van der Waals surface area contributed by atoms with Gasteiger partial charge in [0.1, 0.15) is 0 Å². The molecule has 9 rings (SSSR count). The molecule has 4 aromatic carbocycles. The number of aromatic amines is 2. The summed E-state index contributed by atoms with van der Waals surface area (Å²) in [6.07, 6.45) is 8.85. The Morgan fingerprint density at radius 2 is 0.468 bits per heavy atom. The van der Waals surface area contributed by atoms with Gasteiger partial charge in [-0.05, 0) is 198 Å². The predicted octanol–water partition coefficient (Wildman–Crippen LogP) is 15.4. The van der Waals surface area contributed by atoms with Crippen LogP contribution in [0.15, 0.2) is 72.8 Å². The van der Waals surface area contributed by atoms with Crippen molar-refractivity contribution in [2.45, 2.75) is 83.1 Å². The summed E-state index contributed by atoms with van der Waals surface area (Å²) in [5, 5.41) is 0. The topological polar surface area (TPSA) is 57.4 Å². The number of rotatable bonds is 4. The van der Waals surface area contributed by atoms with E-state index in [1.165, 1.54) is 89.0 Å². The first kappa shape index (κ1) is 44.3. The van der Waals surface area contributed by atoms with Gasteiger partial charge in [-0.15, -0.1) is 12.4 Å². The van der Waals surface area contributed by atoms with E-state index in [9.17, 15) is 0 Å². The Bertz CT molecular complexity index is 2710. The van der Waals surface area contributed by atoms with Crippen LogP contribution in [0, 0.1) is 83.1 Å². The predicted molar refractivity (Wildman–Crippen MR) is 265 cm³/mol. The number of aromatic nitrogens is 4. The van der Waals surface area contributed by atoms with Gasteiger partial charge in [0, 0.05) is 61.4 Å². The molecule has 3 aromatic heterocycles. The summed E-state index contributed by atoms with van der Waals surface area (Å²) in [4.78, 5) is 19.2. The maximum absolute atomic E-state index is 5.63. The summed E-state index contributed by atoms with van der Waals surface area (Å²) < 4.78 is 0. The number of hydrogen-bond donors (Lipinski definition) is 2. The minimum Gasteiger partial charge on any atom is -0.354 e. The molecule has 7 aromatic rings. The molecule has 0 saturated heterocycles. The fourth-order valence-electron chi connectivity index (χ4n) is 10.6. The van der Waals surface area contributed by atoms with Crippen LogP contribution in [0.25, 0.3) is 90.9 Å². The second kappa shape index (κ2) is 16.9. The fraction of sp³-hybridized carbons (Fsp3) is 0.214. The molecular weight excluding hydrogens is 819 g/mol. The molecule has 0 amide bonds. The molecule has 5 heterocycles. The van der Waals surface area contributed by atoms with E-state index in [4.69, 9.17) is 9.97 Å². The van der Waals surface area contributed by atoms with Crippen molar-refractivity contribution >= 4 is 58.8 Å². The summed E-state index contributed by atoms with van der Waals surface area (Å²) in [7, 11) is 0. The van der Waals surface area contributed by atoms with E-state index in [-0.39, 0.29) is 29.5 Å². The molecule has 1 radical (unpaired) electrons. The van der Waals surface area contributed by atoms with Gasteiger partial charge in [0.25, 0.3) is 0 Å². The fourth-order valence-corrected chi connectivity index (χ4v) is 10.6. The van der Waals surface area contributed by atoms with Crippen molar-refractivity contribution in [3.63, 3.8) is 0 Å². The second-order valence-corrected chi connectivity index (χ2v) is 17.6. The summed E-state index contributed by atoms with van der Waals surface area (Å²) in [6, 6.07) is 27.3. The Hall–Kier alpha value is -5.71. The monoisotopic (exact) mass is 873 g/mol. The largest absolute Gasteiger partial charge is 0.354 e. The first-order valence-corrected chi connectivity index (χ1v) is 21.2. The second-order valence-electron chi connectivity index (χ2n) is 17.6. The number of aryl methyl sites for hydroxylation is 12. The third kappa shape index (κ3) is 7.61. The Balaban J connectivity index is 0.00000289. The molecule has 8 bridgehead atoms. The smallest absolute Gasteiger partial charge is 0.0737 e. The van der Waals surface area contributed by atoms with Crippen LogP contribution in [0.3, 0.4) is 0 Å². The summed E-state index contributed by atoms with van der Waals surface area (Å²) in [6.45, 7) is 26.5. The normalized spacial score (nSPS) is 11.8. The van der Waals surface area contributed by atoms with Crippen LogP contribution in [0.5, 0.6) is 0 Å². The van der Waals surface area contributed by atoms with Crippen LogP contribution in [-0.4, -0.2) is 19.9 Å². The van der Waals surface area contributed by atoms with Crippen molar-refractivity contribution in [2.24, 2.45) is 0 Å². The van der Waals surface area contributed by atoms with Gasteiger partial charge in [0.2, 0.25) is 0 Å². The van der Waals surface area contributed by atoms with Crippen LogP contribution < -0.4 is 0 Å². The molecule has 0 unspecified atom stereocenters. The van der Waals surface area contributed by atoms with Crippen molar-refractivity contribution in [3.05, 3.63) is 162 Å². The Morgan fingerprint density at radius 3 is 0.645 bits per heavy atom. The van der Waals surface area contributed by atoms with E-state index in [0.29, 0.717) is 0 Å². The molecule has 2 aliphatic heterocycles. The number of nitrogens with zero attached hydrogens (tertiary/aromatic N) is 2. The van der Waals surface area contributed by atoms with E-state index in [1.807, 2.05) is 0 Å². The zero-order valence-electron chi connectivity index (χ0n) is 37.9. The van der Waals surface area contributed by atoms with Crippen LogP contribution in [0.2, 0.25) is 0 Å². The van der Waals surface area contributed by atoms with E-state index in [0.717, 1.165) is 67.1 Å². The SMILES string of the molecule is Cc1cc(C)c(-c2c3nc(c(-c4c(C)cc(C)cc4C)c4ccc([nH]4)c(-c4c(C)cc(C)cc4C)c4nc(c(-c5c(C)cc(C)cc5C)c5ccc2[nH]5)C=C4)C=C3)c(C)c1.Cl.[Mn]. The zero-order valence-corrected chi connectivity index (χ0v) is 39.9. The summed E-state index contributed by atoms with van der Waals surface area (Å²) in [5.74, 6) is 0. The number of fused-ring (bicyclic) bond motifs is 8. The molecule has 6 heteroatoms. The number of halogens is 1. The Labute approximate surface area is 383 Å². The number of nitrogens with one attached hydrogen (secondary N) is 2. The van der Waals surface area contributed by atoms with Gasteiger partial charge in [-0.25, -0.2) is 9.97 Å². The van der Waals surface area contributed by atoms with Crippen LogP contribution in [0.4, 0.5) is 0 Å². The van der Waals surface area contributed by atoms with E-state index in [2.05, 4.69) is 190 Å². The quantitative estimate of drug-likeness (QED) is 0.173. The average molecular weight is 874 g/mol. The molecule has 0 fully saturated rings. The van der Waals surface area contributed by atoms with Gasteiger partial charge in [-0.2, -0.15) is 0 Å². The summed E-state index contributed by atoms with van der Waals surface area (Å²) in [5.41, 5.74) is 31.8. The average Bonchev–Trinajstić information content (AvgIpc) is 3.99. The van der Waals surface area contributed by atoms with Crippen molar-refractivity contribution < 1.29 is 17.1 Å². The minimum atomic E-state index is 0. The molecule has 0 saturated carbocycles. The molecule has 4 nitrogen and oxygen atoms in total. The van der Waals surface area contributed by atoms with Gasteiger partial charge in [-0.3, -0.25) is 0 Å². The Morgan fingerprint density at radius 1 is 0.290 bits per heavy atom. The zero-order chi connectivity index (χ0) is 42.3. The van der Waals surface area contributed by atoms with Crippen molar-refractivity contribution in [1.29, 1.82) is 0 Å². The standard InChI is InChI=1S/C56H54N4.ClH.Mn/c1-29-21-33(5)49(34(6)22-29)53-41-13-15-43(57-41)54(50-35(7)23-30(2)24-36(50)8)45-17-19-47(59-45)56(52-39(11)27-32(4)28-40(52)12)48-20-18-46(60-48)55(44-16-14-42(53)58-44)51-37(9)25-31(3)26-38(51)10;;/h13-28,57,60H,1-12H3;1H;. The van der Waals surface area contributed by atoms with Crippen molar-refractivity contribution in [3.8, 4) is 44.5 Å². The molecule has 62 heavy (non-hydrogen) atoms. The number of H-pyrrole nitrogens is 2. The molecule has 2 N–H and O–H groups in total. The first-order chi connectivity index (χ1) is 28.7. The van der Waals surface area contributed by atoms with Gasteiger partial charge in [-0.1, -0.05) is 70.8 Å². The Kier molecular flexibility index (Phi) is 12.1. The van der Waals surface area contributed by atoms with E-state index >= 15 is 0 Å². The molecule has 0 atom stereocenters. The molecular formula is C56H55ClMnN4. The first-order valence-electron chi connectivity index (χ1n) is 21.2. The molecule has 0 spiro atoms. The third-order valence-corrected chi connectivity index (χ3v) is 12.5. The summed E-state index contributed by atoms with van der Waals surface area (Å²) >= 11 is 0. The van der Waals surface area contributed by atoms with Crippen LogP contribution in [0.1, 0.15) is 89.5 Å². The van der Waals surface area contributed by atoms with Crippen LogP contribution in [-0.2, 0) is 17.1 Å². The maximum Gasteiger partial charge on any atom is 0.0737 e. The van der Waals surface area contributed by atoms with Gasteiger partial charge in [0.15, 0.2) is 0 Å². The van der Waals surface area contributed by atoms with Crippen molar-refractivity contribution in [2.75, 3.05) is 0 Å².